The maximum absolute atomic E-state index is 12.8. The lowest BCUT2D eigenvalue weighted by Gasteiger charge is -2.28. The number of methoxy groups -OCH3 is 1. The lowest BCUT2D eigenvalue weighted by molar-refractivity contribution is 0.0997. The number of anilines is 4. The minimum Gasteiger partial charge on any atom is -0.496 e. The number of amides is 1. The fourth-order valence-corrected chi connectivity index (χ4v) is 4.66. The Morgan fingerprint density at radius 3 is 2.40 bits per heavy atom. The number of aromatic nitrogens is 2. The van der Waals surface area contributed by atoms with Crippen molar-refractivity contribution in [1.82, 2.24) is 9.97 Å². The summed E-state index contributed by atoms with van der Waals surface area (Å²) in [5.74, 6) is 0.672. The van der Waals surface area contributed by atoms with Crippen molar-refractivity contribution in [2.24, 2.45) is 5.73 Å². The highest BCUT2D eigenvalue weighted by atomic mass is 32.2. The third kappa shape index (κ3) is 5.78. The van der Waals surface area contributed by atoms with E-state index in [0.717, 1.165) is 24.6 Å². The van der Waals surface area contributed by atoms with Gasteiger partial charge in [-0.15, -0.1) is 0 Å². The molecule has 1 saturated heterocycles. The number of nitrogens with one attached hydrogen (secondary N) is 2. The predicted molar refractivity (Wildman–Crippen MR) is 132 cm³/mol. The Morgan fingerprint density at radius 1 is 1.06 bits per heavy atom. The fraction of sp³-hybridized carbons (Fsp3) is 0.261. The van der Waals surface area contributed by atoms with E-state index in [9.17, 15) is 13.2 Å². The summed E-state index contributed by atoms with van der Waals surface area (Å²) in [4.78, 5) is 22.7. The SMILES string of the molecule is COc1ccc(S(=O)(=O)Nc2ccc(Nc3nc(C)cc(N4CCOCC4)n3)cc2)cc1C(N)=O. The Bertz CT molecular complexity index is 1320. The summed E-state index contributed by atoms with van der Waals surface area (Å²) in [7, 11) is -2.59. The molecule has 0 saturated carbocycles. The van der Waals surface area contributed by atoms with Crippen LogP contribution in [0.15, 0.2) is 53.4 Å². The second kappa shape index (κ2) is 10.2. The van der Waals surface area contributed by atoms with Gasteiger partial charge >= 0.3 is 0 Å². The van der Waals surface area contributed by atoms with E-state index in [-0.39, 0.29) is 16.2 Å². The molecule has 1 aliphatic heterocycles. The average molecular weight is 499 g/mol. The monoisotopic (exact) mass is 498 g/mol. The summed E-state index contributed by atoms with van der Waals surface area (Å²) < 4.78 is 38.6. The van der Waals surface area contributed by atoms with Crippen molar-refractivity contribution in [3.05, 3.63) is 59.8 Å². The molecule has 1 aromatic heterocycles. The van der Waals surface area contributed by atoms with Gasteiger partial charge in [0, 0.05) is 36.2 Å². The van der Waals surface area contributed by atoms with Crippen LogP contribution in [0.25, 0.3) is 0 Å². The molecule has 0 bridgehead atoms. The number of aryl methyl sites for hydroxylation is 1. The van der Waals surface area contributed by atoms with Crippen molar-refractivity contribution in [2.75, 3.05) is 48.4 Å². The summed E-state index contributed by atoms with van der Waals surface area (Å²) >= 11 is 0. The number of primary amides is 1. The standard InChI is InChI=1S/C23H26N6O5S/c1-15-13-21(29-9-11-34-12-10-29)27-23(25-15)26-16-3-5-17(6-4-16)28-35(31,32)18-7-8-20(33-2)19(14-18)22(24)30/h3-8,13-14,28H,9-12H2,1-2H3,(H2,24,30)(H,25,26,27). The van der Waals surface area contributed by atoms with E-state index in [1.54, 1.807) is 24.3 Å². The first-order valence-electron chi connectivity index (χ1n) is 10.8. The van der Waals surface area contributed by atoms with Crippen LogP contribution in [0.2, 0.25) is 0 Å². The van der Waals surface area contributed by atoms with E-state index >= 15 is 0 Å². The number of nitrogens with two attached hydrogens (primary N) is 1. The Morgan fingerprint density at radius 2 is 1.74 bits per heavy atom. The highest BCUT2D eigenvalue weighted by Gasteiger charge is 2.19. The van der Waals surface area contributed by atoms with E-state index in [4.69, 9.17) is 15.2 Å². The van der Waals surface area contributed by atoms with Crippen LogP contribution in [0.5, 0.6) is 5.75 Å². The van der Waals surface area contributed by atoms with Crippen LogP contribution in [0, 0.1) is 6.92 Å². The smallest absolute Gasteiger partial charge is 0.261 e. The molecule has 0 spiro atoms. The normalized spacial score (nSPS) is 13.8. The maximum atomic E-state index is 12.8. The Labute approximate surface area is 203 Å². The number of nitrogens with zero attached hydrogens (tertiary/aromatic N) is 3. The maximum Gasteiger partial charge on any atom is 0.261 e. The van der Waals surface area contributed by atoms with Gasteiger partial charge in [0.1, 0.15) is 11.6 Å². The number of carbonyl (C=O) groups is 1. The van der Waals surface area contributed by atoms with Gasteiger partial charge in [-0.1, -0.05) is 0 Å². The quantitative estimate of drug-likeness (QED) is 0.425. The highest BCUT2D eigenvalue weighted by molar-refractivity contribution is 7.92. The number of morpholine rings is 1. The molecule has 4 rings (SSSR count). The Kier molecular flexibility index (Phi) is 7.03. The van der Waals surface area contributed by atoms with E-state index in [1.807, 2.05) is 13.0 Å². The van der Waals surface area contributed by atoms with Crippen molar-refractivity contribution >= 4 is 39.1 Å². The van der Waals surface area contributed by atoms with Gasteiger partial charge in [0.15, 0.2) is 0 Å². The lowest BCUT2D eigenvalue weighted by atomic mass is 10.2. The third-order valence-corrected chi connectivity index (χ3v) is 6.69. The van der Waals surface area contributed by atoms with Gasteiger partial charge in [0.05, 0.1) is 30.8 Å². The fourth-order valence-electron chi connectivity index (χ4n) is 3.57. The van der Waals surface area contributed by atoms with Gasteiger partial charge < -0.3 is 25.4 Å². The molecular formula is C23H26N6O5S. The zero-order valence-electron chi connectivity index (χ0n) is 19.3. The number of ether oxygens (including phenoxy) is 2. The molecular weight excluding hydrogens is 472 g/mol. The number of sulfonamides is 1. The van der Waals surface area contributed by atoms with E-state index in [1.165, 1.54) is 25.3 Å². The van der Waals surface area contributed by atoms with Crippen molar-refractivity contribution in [3.63, 3.8) is 0 Å². The van der Waals surface area contributed by atoms with E-state index in [2.05, 4.69) is 24.9 Å². The molecule has 11 nitrogen and oxygen atoms in total. The van der Waals surface area contributed by atoms with E-state index < -0.39 is 15.9 Å². The number of hydrogen-bond acceptors (Lipinski definition) is 9. The zero-order chi connectivity index (χ0) is 25.0. The first kappa shape index (κ1) is 24.2. The van der Waals surface area contributed by atoms with Crippen LogP contribution in [0.1, 0.15) is 16.1 Å². The molecule has 1 aliphatic rings. The van der Waals surface area contributed by atoms with Crippen molar-refractivity contribution in [1.29, 1.82) is 0 Å². The minimum atomic E-state index is -3.96. The summed E-state index contributed by atoms with van der Waals surface area (Å²) in [6.45, 7) is 4.74. The van der Waals surface area contributed by atoms with E-state index in [0.29, 0.717) is 30.5 Å². The largest absolute Gasteiger partial charge is 0.496 e. The number of benzene rings is 2. The molecule has 4 N–H and O–H groups in total. The molecule has 0 unspecified atom stereocenters. The van der Waals surface area contributed by atoms with Gasteiger partial charge in [0.25, 0.3) is 15.9 Å². The average Bonchev–Trinajstić information content (AvgIpc) is 2.85. The topological polar surface area (TPSA) is 149 Å². The third-order valence-electron chi connectivity index (χ3n) is 5.32. The van der Waals surface area contributed by atoms with Gasteiger partial charge in [0.2, 0.25) is 5.95 Å². The molecule has 184 valence electrons. The lowest BCUT2D eigenvalue weighted by Crippen LogP contribution is -2.36. The van der Waals surface area contributed by atoms with Gasteiger partial charge in [-0.3, -0.25) is 9.52 Å². The summed E-state index contributed by atoms with van der Waals surface area (Å²) in [6, 6.07) is 12.5. The van der Waals surface area contributed by atoms with Crippen molar-refractivity contribution < 1.29 is 22.7 Å². The second-order valence-corrected chi connectivity index (χ2v) is 9.51. The first-order chi connectivity index (χ1) is 16.7. The highest BCUT2D eigenvalue weighted by Crippen LogP contribution is 2.25. The number of hydrogen-bond donors (Lipinski definition) is 3. The number of carbonyl (C=O) groups excluding carboxylic acids is 1. The molecule has 35 heavy (non-hydrogen) atoms. The molecule has 2 heterocycles. The van der Waals surface area contributed by atoms with Crippen LogP contribution < -0.4 is 25.4 Å². The van der Waals surface area contributed by atoms with Gasteiger partial charge in [-0.05, 0) is 49.4 Å². The van der Waals surface area contributed by atoms with Crippen LogP contribution >= 0.6 is 0 Å². The molecule has 3 aromatic rings. The van der Waals surface area contributed by atoms with Crippen LogP contribution in [0.4, 0.5) is 23.1 Å². The molecule has 0 radical (unpaired) electrons. The van der Waals surface area contributed by atoms with Crippen LogP contribution in [-0.2, 0) is 14.8 Å². The predicted octanol–water partition coefficient (Wildman–Crippen LogP) is 2.27. The zero-order valence-corrected chi connectivity index (χ0v) is 20.1. The summed E-state index contributed by atoms with van der Waals surface area (Å²) in [5, 5.41) is 3.16. The number of rotatable bonds is 8. The molecule has 0 atom stereocenters. The molecule has 1 amide bonds. The molecule has 12 heteroatoms. The minimum absolute atomic E-state index is 0.0236. The first-order valence-corrected chi connectivity index (χ1v) is 12.3. The van der Waals surface area contributed by atoms with Gasteiger partial charge in [-0.25, -0.2) is 13.4 Å². The van der Waals surface area contributed by atoms with Crippen LogP contribution in [0.3, 0.4) is 0 Å². The van der Waals surface area contributed by atoms with Gasteiger partial charge in [-0.2, -0.15) is 4.98 Å². The van der Waals surface area contributed by atoms with Crippen molar-refractivity contribution in [2.45, 2.75) is 11.8 Å². The Balaban J connectivity index is 1.48. The summed E-state index contributed by atoms with van der Waals surface area (Å²) in [5.41, 5.74) is 7.16. The summed E-state index contributed by atoms with van der Waals surface area (Å²) in [6.07, 6.45) is 0. The van der Waals surface area contributed by atoms with Crippen molar-refractivity contribution in [3.8, 4) is 5.75 Å². The second-order valence-electron chi connectivity index (χ2n) is 7.82. The van der Waals surface area contributed by atoms with Crippen LogP contribution in [-0.4, -0.2) is 57.7 Å². The molecule has 0 aliphatic carbocycles. The molecule has 1 fully saturated rings. The Hall–Kier alpha value is -3.90. The molecule has 2 aromatic carbocycles.